The van der Waals surface area contributed by atoms with E-state index in [1.54, 1.807) is 24.3 Å². The molecule has 3 rings (SSSR count). The fourth-order valence-corrected chi connectivity index (χ4v) is 4.22. The number of hydrogen-bond acceptors (Lipinski definition) is 6. The molecule has 0 radical (unpaired) electrons. The molecule has 0 unspecified atom stereocenters. The first-order valence-electron chi connectivity index (χ1n) is 8.85. The Morgan fingerprint density at radius 1 is 1.26 bits per heavy atom. The molecule has 2 atom stereocenters. The SMILES string of the molecule is CC(C)N1CC=C2C(C#N)=C(N)C(C#N)(C#N)[C@@H](c3cccc(O)c3)[C@@H]2C1. The number of hydrogen-bond donors (Lipinski definition) is 2. The molecule has 0 saturated heterocycles. The summed E-state index contributed by atoms with van der Waals surface area (Å²) in [5, 5.41) is 39.7. The molecular formula is C21H21N5O. The summed E-state index contributed by atoms with van der Waals surface area (Å²) in [6, 6.07) is 13.2. The monoisotopic (exact) mass is 359 g/mol. The predicted molar refractivity (Wildman–Crippen MR) is 99.6 cm³/mol. The van der Waals surface area contributed by atoms with E-state index in [2.05, 4.69) is 37.0 Å². The van der Waals surface area contributed by atoms with Crippen LogP contribution in [0.15, 0.2) is 47.2 Å². The van der Waals surface area contributed by atoms with Gasteiger partial charge in [-0.25, -0.2) is 0 Å². The van der Waals surface area contributed by atoms with Crippen molar-refractivity contribution in [3.8, 4) is 24.0 Å². The maximum Gasteiger partial charge on any atom is 0.191 e. The lowest BCUT2D eigenvalue weighted by Gasteiger charge is -2.46. The van der Waals surface area contributed by atoms with Crippen LogP contribution in [0.2, 0.25) is 0 Å². The van der Waals surface area contributed by atoms with E-state index < -0.39 is 11.3 Å². The number of nitrogens with zero attached hydrogens (tertiary/aromatic N) is 4. The Morgan fingerprint density at radius 2 is 1.96 bits per heavy atom. The standard InChI is InChI=1S/C21H21N5O/c1-13(2)26-7-6-16-17(9-22)20(25)21(11-23,12-24)19(18(16)10-26)14-4-3-5-15(27)8-14/h3-6,8,13,18-19,27H,7,10,25H2,1-2H3/t18-,19+/m1/s1. The molecule has 0 saturated carbocycles. The molecule has 3 N–H and O–H groups in total. The van der Waals surface area contributed by atoms with Crippen molar-refractivity contribution in [2.24, 2.45) is 17.1 Å². The highest BCUT2D eigenvalue weighted by Gasteiger charge is 2.54. The molecule has 1 aromatic rings. The molecule has 0 spiro atoms. The molecular weight excluding hydrogens is 338 g/mol. The summed E-state index contributed by atoms with van der Waals surface area (Å²) >= 11 is 0. The number of aromatic hydroxyl groups is 1. The van der Waals surface area contributed by atoms with Gasteiger partial charge in [0.25, 0.3) is 0 Å². The van der Waals surface area contributed by atoms with Crippen LogP contribution in [0, 0.1) is 45.3 Å². The molecule has 0 aromatic heterocycles. The van der Waals surface area contributed by atoms with Crippen LogP contribution in [0.5, 0.6) is 5.75 Å². The van der Waals surface area contributed by atoms with Crippen LogP contribution in [0.4, 0.5) is 0 Å². The van der Waals surface area contributed by atoms with Gasteiger partial charge in [0, 0.05) is 31.0 Å². The van der Waals surface area contributed by atoms with Crippen molar-refractivity contribution >= 4 is 0 Å². The summed E-state index contributed by atoms with van der Waals surface area (Å²) in [7, 11) is 0. The van der Waals surface area contributed by atoms with Crippen molar-refractivity contribution in [1.82, 2.24) is 4.90 Å². The second-order valence-electron chi connectivity index (χ2n) is 7.32. The van der Waals surface area contributed by atoms with Crippen molar-refractivity contribution in [2.45, 2.75) is 25.8 Å². The highest BCUT2D eigenvalue weighted by molar-refractivity contribution is 5.59. The molecule has 1 heterocycles. The zero-order valence-corrected chi connectivity index (χ0v) is 15.3. The number of phenolic OH excluding ortho intramolecular Hbond substituents is 1. The van der Waals surface area contributed by atoms with E-state index in [1.165, 1.54) is 0 Å². The van der Waals surface area contributed by atoms with Crippen LogP contribution in [-0.4, -0.2) is 29.1 Å². The quantitative estimate of drug-likeness (QED) is 0.837. The molecule has 27 heavy (non-hydrogen) atoms. The first-order chi connectivity index (χ1) is 12.9. The third-order valence-electron chi connectivity index (χ3n) is 5.65. The van der Waals surface area contributed by atoms with E-state index in [0.717, 1.165) is 5.57 Å². The van der Waals surface area contributed by atoms with E-state index in [9.17, 15) is 20.9 Å². The maximum atomic E-state index is 10.0. The second-order valence-corrected chi connectivity index (χ2v) is 7.32. The van der Waals surface area contributed by atoms with Crippen LogP contribution in [0.25, 0.3) is 0 Å². The van der Waals surface area contributed by atoms with Gasteiger partial charge in [-0.1, -0.05) is 18.2 Å². The van der Waals surface area contributed by atoms with Crippen molar-refractivity contribution in [2.75, 3.05) is 13.1 Å². The van der Waals surface area contributed by atoms with Gasteiger partial charge in [0.1, 0.15) is 11.8 Å². The second kappa shape index (κ2) is 6.80. The number of benzene rings is 1. The topological polar surface area (TPSA) is 121 Å². The van der Waals surface area contributed by atoms with E-state index >= 15 is 0 Å². The smallest absolute Gasteiger partial charge is 0.191 e. The summed E-state index contributed by atoms with van der Waals surface area (Å²) in [6.07, 6.45) is 1.98. The van der Waals surface area contributed by atoms with E-state index in [1.807, 2.05) is 6.08 Å². The van der Waals surface area contributed by atoms with Crippen LogP contribution in [-0.2, 0) is 0 Å². The van der Waals surface area contributed by atoms with Gasteiger partial charge in [-0.3, -0.25) is 4.90 Å². The number of fused-ring (bicyclic) bond motifs is 1. The third-order valence-corrected chi connectivity index (χ3v) is 5.65. The van der Waals surface area contributed by atoms with Gasteiger partial charge in [-0.05, 0) is 37.1 Å². The number of nitrogens with two attached hydrogens (primary N) is 1. The van der Waals surface area contributed by atoms with Crippen molar-refractivity contribution in [3.05, 3.63) is 52.7 Å². The first-order valence-corrected chi connectivity index (χ1v) is 8.85. The summed E-state index contributed by atoms with van der Waals surface area (Å²) in [5.74, 6) is -0.762. The Balaban J connectivity index is 2.31. The fraction of sp³-hybridized carbons (Fsp3) is 0.381. The van der Waals surface area contributed by atoms with E-state index in [0.29, 0.717) is 18.7 Å². The molecule has 6 heteroatoms. The summed E-state index contributed by atoms with van der Waals surface area (Å²) in [6.45, 7) is 5.46. The van der Waals surface area contributed by atoms with Crippen LogP contribution in [0.3, 0.4) is 0 Å². The van der Waals surface area contributed by atoms with Gasteiger partial charge in [-0.15, -0.1) is 0 Å². The Hall–Kier alpha value is -3.27. The largest absolute Gasteiger partial charge is 0.508 e. The number of phenols is 1. The average Bonchev–Trinajstić information content (AvgIpc) is 2.66. The molecule has 0 fully saturated rings. The Labute approximate surface area is 159 Å². The molecule has 1 aromatic carbocycles. The van der Waals surface area contributed by atoms with E-state index in [4.69, 9.17) is 5.73 Å². The molecule has 0 amide bonds. The zero-order chi connectivity index (χ0) is 19.8. The van der Waals surface area contributed by atoms with Crippen LogP contribution < -0.4 is 5.73 Å². The average molecular weight is 359 g/mol. The minimum atomic E-state index is -1.67. The highest BCUT2D eigenvalue weighted by atomic mass is 16.3. The first kappa shape index (κ1) is 18.5. The minimum Gasteiger partial charge on any atom is -0.508 e. The molecule has 2 aliphatic rings. The highest BCUT2D eigenvalue weighted by Crippen LogP contribution is 2.54. The lowest BCUT2D eigenvalue weighted by atomic mass is 9.58. The normalized spacial score (nSPS) is 24.4. The Morgan fingerprint density at radius 3 is 2.52 bits per heavy atom. The third kappa shape index (κ3) is 2.74. The summed E-state index contributed by atoms with van der Waals surface area (Å²) in [5.41, 5.74) is 6.29. The number of nitriles is 3. The lowest BCUT2D eigenvalue weighted by molar-refractivity contribution is 0.174. The lowest BCUT2D eigenvalue weighted by Crippen LogP contribution is -2.49. The summed E-state index contributed by atoms with van der Waals surface area (Å²) in [4.78, 5) is 2.24. The van der Waals surface area contributed by atoms with Crippen LogP contribution in [0.1, 0.15) is 25.3 Å². The van der Waals surface area contributed by atoms with Crippen molar-refractivity contribution in [1.29, 1.82) is 15.8 Å². The van der Waals surface area contributed by atoms with Gasteiger partial charge in [-0.2, -0.15) is 15.8 Å². The maximum absolute atomic E-state index is 10.0. The van der Waals surface area contributed by atoms with Gasteiger partial charge in [0.2, 0.25) is 0 Å². The Kier molecular flexibility index (Phi) is 4.66. The fourth-order valence-electron chi connectivity index (χ4n) is 4.22. The molecule has 1 aliphatic heterocycles. The molecule has 1 aliphatic carbocycles. The van der Waals surface area contributed by atoms with Gasteiger partial charge in [0.05, 0.1) is 23.4 Å². The van der Waals surface area contributed by atoms with Gasteiger partial charge >= 0.3 is 0 Å². The van der Waals surface area contributed by atoms with Crippen LogP contribution >= 0.6 is 0 Å². The molecule has 6 nitrogen and oxygen atoms in total. The van der Waals surface area contributed by atoms with Gasteiger partial charge in [0.15, 0.2) is 5.41 Å². The van der Waals surface area contributed by atoms with Crippen molar-refractivity contribution in [3.63, 3.8) is 0 Å². The van der Waals surface area contributed by atoms with E-state index in [-0.39, 0.29) is 29.0 Å². The number of rotatable bonds is 2. The Bertz CT molecular complexity index is 940. The van der Waals surface area contributed by atoms with Gasteiger partial charge < -0.3 is 10.8 Å². The molecule has 0 bridgehead atoms. The zero-order valence-electron chi connectivity index (χ0n) is 15.3. The predicted octanol–water partition coefficient (Wildman–Crippen LogP) is 2.53. The minimum absolute atomic E-state index is 0.00356. The summed E-state index contributed by atoms with van der Waals surface area (Å²) < 4.78 is 0. The number of allylic oxidation sites excluding steroid dienone is 2. The van der Waals surface area contributed by atoms with Crippen molar-refractivity contribution < 1.29 is 5.11 Å². The molecule has 136 valence electrons.